The van der Waals surface area contributed by atoms with Gasteiger partial charge in [0.1, 0.15) is 12.4 Å². The molecule has 1 aliphatic rings. The number of nitrogens with one attached hydrogen (secondary N) is 1. The second-order valence-electron chi connectivity index (χ2n) is 7.26. The number of carbonyl (C=O) groups excluding carboxylic acids is 1. The molecule has 0 radical (unpaired) electrons. The molecule has 1 N–H and O–H groups in total. The number of hydrogen-bond acceptors (Lipinski definition) is 2. The van der Waals surface area contributed by atoms with Crippen molar-refractivity contribution in [1.82, 2.24) is 5.32 Å². The fourth-order valence-electron chi connectivity index (χ4n) is 3.76. The number of alkyl carbamates (subject to hydrolysis) is 1. The molecular weight excluding hydrogens is 377 g/mol. The summed E-state index contributed by atoms with van der Waals surface area (Å²) in [6.07, 6.45) is 0.000702. The van der Waals surface area contributed by atoms with Crippen LogP contribution in [0.15, 0.2) is 66.7 Å². The summed E-state index contributed by atoms with van der Waals surface area (Å²) in [5, 5.41) is 2.73. The molecule has 0 fully saturated rings. The highest BCUT2D eigenvalue weighted by Gasteiger charge is 2.28. The third kappa shape index (κ3) is 4.21. The van der Waals surface area contributed by atoms with Crippen molar-refractivity contribution in [1.29, 1.82) is 0 Å². The molecular formula is C26H22FNO2. The number of hydrogen-bond donors (Lipinski definition) is 1. The molecule has 0 aromatic heterocycles. The molecule has 0 saturated heterocycles. The maximum Gasteiger partial charge on any atom is 0.407 e. The molecule has 30 heavy (non-hydrogen) atoms. The standard InChI is InChI=1S/C26H22FNO2/c1-18-13-14-20(27)16-19(18)8-6-7-15-28-26(29)30-17-25-23-11-4-2-9-21(23)22-10-3-5-12-24(22)25/h2-5,9-14,16,25H,7,15,17H2,1H3,(H,28,29). The monoisotopic (exact) mass is 399 g/mol. The lowest BCUT2D eigenvalue weighted by Crippen LogP contribution is -2.26. The van der Waals surface area contributed by atoms with Crippen LogP contribution in [-0.4, -0.2) is 19.2 Å². The van der Waals surface area contributed by atoms with Crippen LogP contribution in [0.3, 0.4) is 0 Å². The maximum absolute atomic E-state index is 13.3. The predicted molar refractivity (Wildman–Crippen MR) is 116 cm³/mol. The smallest absolute Gasteiger partial charge is 0.407 e. The number of fused-ring (bicyclic) bond motifs is 3. The number of rotatable bonds is 4. The number of aryl methyl sites for hydroxylation is 1. The average Bonchev–Trinajstić information content (AvgIpc) is 3.08. The minimum absolute atomic E-state index is 0.0406. The molecule has 0 spiro atoms. The van der Waals surface area contributed by atoms with E-state index in [9.17, 15) is 9.18 Å². The van der Waals surface area contributed by atoms with Gasteiger partial charge in [-0.3, -0.25) is 0 Å². The van der Waals surface area contributed by atoms with Crippen LogP contribution in [-0.2, 0) is 4.74 Å². The van der Waals surface area contributed by atoms with Crippen molar-refractivity contribution in [3.05, 3.63) is 94.8 Å². The quantitative estimate of drug-likeness (QED) is 0.470. The third-order valence-electron chi connectivity index (χ3n) is 5.29. The van der Waals surface area contributed by atoms with Crippen molar-refractivity contribution in [3.63, 3.8) is 0 Å². The van der Waals surface area contributed by atoms with Crippen LogP contribution >= 0.6 is 0 Å². The Labute approximate surface area is 175 Å². The van der Waals surface area contributed by atoms with Crippen LogP contribution in [0.5, 0.6) is 0 Å². The number of halogens is 1. The Morgan fingerprint density at radius 1 is 1.03 bits per heavy atom. The average molecular weight is 399 g/mol. The van der Waals surface area contributed by atoms with Crippen molar-refractivity contribution in [3.8, 4) is 23.0 Å². The molecule has 1 amide bonds. The Kier molecular flexibility index (Phi) is 5.81. The Morgan fingerprint density at radius 3 is 2.40 bits per heavy atom. The molecule has 4 rings (SSSR count). The van der Waals surface area contributed by atoms with Gasteiger partial charge in [0.2, 0.25) is 0 Å². The first-order valence-electron chi connectivity index (χ1n) is 9.97. The van der Waals surface area contributed by atoms with Gasteiger partial charge in [0, 0.05) is 24.4 Å². The number of amides is 1. The van der Waals surface area contributed by atoms with E-state index >= 15 is 0 Å². The Balaban J connectivity index is 1.30. The van der Waals surface area contributed by atoms with E-state index in [0.717, 1.165) is 5.56 Å². The predicted octanol–water partition coefficient (Wildman–Crippen LogP) is 5.41. The van der Waals surface area contributed by atoms with Crippen LogP contribution in [0.1, 0.15) is 34.6 Å². The van der Waals surface area contributed by atoms with Gasteiger partial charge < -0.3 is 10.1 Å². The number of carbonyl (C=O) groups is 1. The van der Waals surface area contributed by atoms with Crippen molar-refractivity contribution >= 4 is 6.09 Å². The molecule has 3 nitrogen and oxygen atoms in total. The fourth-order valence-corrected chi connectivity index (χ4v) is 3.76. The van der Waals surface area contributed by atoms with Crippen molar-refractivity contribution < 1.29 is 13.9 Å². The van der Waals surface area contributed by atoms with Gasteiger partial charge in [0.25, 0.3) is 0 Å². The van der Waals surface area contributed by atoms with Gasteiger partial charge in [-0.05, 0) is 46.9 Å². The van der Waals surface area contributed by atoms with E-state index in [4.69, 9.17) is 4.74 Å². The van der Waals surface area contributed by atoms with E-state index in [-0.39, 0.29) is 18.3 Å². The van der Waals surface area contributed by atoms with Crippen LogP contribution in [0.2, 0.25) is 0 Å². The topological polar surface area (TPSA) is 38.3 Å². The first-order valence-corrected chi connectivity index (χ1v) is 9.97. The minimum atomic E-state index is -0.458. The lowest BCUT2D eigenvalue weighted by Gasteiger charge is -2.14. The van der Waals surface area contributed by atoms with Gasteiger partial charge in [0.05, 0.1) is 0 Å². The van der Waals surface area contributed by atoms with Crippen molar-refractivity contribution in [2.45, 2.75) is 19.3 Å². The normalized spacial score (nSPS) is 11.8. The SMILES string of the molecule is Cc1ccc(F)cc1C#CCCNC(=O)OCC1c2ccccc2-c2ccccc21. The highest BCUT2D eigenvalue weighted by molar-refractivity contribution is 5.79. The first kappa shape index (κ1) is 19.7. The lowest BCUT2D eigenvalue weighted by molar-refractivity contribution is 0.143. The van der Waals surface area contributed by atoms with E-state index in [1.807, 2.05) is 31.2 Å². The molecule has 3 aromatic carbocycles. The zero-order valence-corrected chi connectivity index (χ0v) is 16.7. The van der Waals surface area contributed by atoms with E-state index in [1.165, 1.54) is 34.4 Å². The first-order chi connectivity index (χ1) is 14.6. The van der Waals surface area contributed by atoms with Gasteiger partial charge >= 0.3 is 6.09 Å². The molecule has 0 saturated carbocycles. The van der Waals surface area contributed by atoms with Crippen LogP contribution in [0.4, 0.5) is 9.18 Å². The zero-order chi connectivity index (χ0) is 20.9. The van der Waals surface area contributed by atoms with Crippen LogP contribution < -0.4 is 5.32 Å². The Hall–Kier alpha value is -3.58. The minimum Gasteiger partial charge on any atom is -0.449 e. The Bertz CT molecular complexity index is 1100. The van der Waals surface area contributed by atoms with Crippen molar-refractivity contribution in [2.24, 2.45) is 0 Å². The van der Waals surface area contributed by atoms with Gasteiger partial charge in [-0.15, -0.1) is 0 Å². The van der Waals surface area contributed by atoms with Gasteiger partial charge in [-0.25, -0.2) is 9.18 Å². The summed E-state index contributed by atoms with van der Waals surface area (Å²) >= 11 is 0. The van der Waals surface area contributed by atoms with Gasteiger partial charge in [0.15, 0.2) is 0 Å². The van der Waals surface area contributed by atoms with E-state index in [2.05, 4.69) is 41.4 Å². The number of benzene rings is 3. The maximum atomic E-state index is 13.3. The lowest BCUT2D eigenvalue weighted by atomic mass is 9.98. The highest BCUT2D eigenvalue weighted by Crippen LogP contribution is 2.44. The molecule has 0 atom stereocenters. The summed E-state index contributed by atoms with van der Waals surface area (Å²) in [7, 11) is 0. The second kappa shape index (κ2) is 8.84. The van der Waals surface area contributed by atoms with E-state index in [0.29, 0.717) is 18.5 Å². The molecule has 3 aromatic rings. The van der Waals surface area contributed by atoms with E-state index in [1.54, 1.807) is 6.07 Å². The molecule has 0 aliphatic heterocycles. The zero-order valence-electron chi connectivity index (χ0n) is 16.7. The molecule has 0 bridgehead atoms. The Morgan fingerprint density at radius 2 is 1.70 bits per heavy atom. The molecule has 150 valence electrons. The highest BCUT2D eigenvalue weighted by atomic mass is 19.1. The molecule has 1 aliphatic carbocycles. The van der Waals surface area contributed by atoms with Gasteiger partial charge in [-0.2, -0.15) is 0 Å². The summed E-state index contributed by atoms with van der Waals surface area (Å²) in [4.78, 5) is 12.1. The van der Waals surface area contributed by atoms with Crippen LogP contribution in [0, 0.1) is 24.6 Å². The van der Waals surface area contributed by atoms with Crippen molar-refractivity contribution in [2.75, 3.05) is 13.2 Å². The third-order valence-corrected chi connectivity index (χ3v) is 5.29. The summed E-state index contributed by atoms with van der Waals surface area (Å²) in [6.45, 7) is 2.55. The summed E-state index contributed by atoms with van der Waals surface area (Å²) in [5.41, 5.74) is 6.35. The summed E-state index contributed by atoms with van der Waals surface area (Å²) < 4.78 is 18.8. The van der Waals surface area contributed by atoms with E-state index < -0.39 is 6.09 Å². The largest absolute Gasteiger partial charge is 0.449 e. The fraction of sp³-hybridized carbons (Fsp3) is 0.192. The molecule has 0 heterocycles. The summed E-state index contributed by atoms with van der Waals surface area (Å²) in [5.74, 6) is 5.64. The van der Waals surface area contributed by atoms with Crippen LogP contribution in [0.25, 0.3) is 11.1 Å². The van der Waals surface area contributed by atoms with Gasteiger partial charge in [-0.1, -0.05) is 66.4 Å². The molecule has 0 unspecified atom stereocenters. The molecule has 4 heteroatoms. The second-order valence-corrected chi connectivity index (χ2v) is 7.26. The summed E-state index contributed by atoms with van der Waals surface area (Å²) in [6, 6.07) is 21.0. The number of ether oxygens (including phenoxy) is 1.